The standard InChI is InChI=1S/C35H43N2.2C10H14S2.2CH4.BF3.Cu.FH/c1-7-9-24-36-29-19-14-13-18-28(29)34(3,4)31(36)20-15-21-32-35(5,6)33-27-17-12-11-16-26(27)22-23-30(33)37(32)25-10-8-2;2*1-10(2,3)7-4-5-8(11)9(12)6-7;;;2-1(3)4;;/h11-23H,7-10,24-25H2,1-6H3;2*4-6,11-12H,1-3H3;2*1H4;;;1H/q+1;;;;;;;/p-5. The summed E-state index contributed by atoms with van der Waals surface area (Å²) in [6, 6.07) is 34.4. The van der Waals surface area contributed by atoms with Gasteiger partial charge in [-0.3, -0.25) is 12.9 Å². The fourth-order valence-corrected chi connectivity index (χ4v) is 9.11. The van der Waals surface area contributed by atoms with Crippen LogP contribution in [-0.4, -0.2) is 30.9 Å². The van der Waals surface area contributed by atoms with Gasteiger partial charge in [0.25, 0.3) is 0 Å². The summed E-state index contributed by atoms with van der Waals surface area (Å²) >= 11 is 20.3. The third-order valence-electron chi connectivity index (χ3n) is 12.2. The largest absolute Gasteiger partial charge is 1.00 e. The Morgan fingerprint density at radius 3 is 1.64 bits per heavy atom. The molecule has 1 radical (unpaired) electrons. The molecule has 0 N–H and O–H groups in total. The molecule has 12 heteroatoms. The van der Waals surface area contributed by atoms with Crippen molar-refractivity contribution >= 4 is 85.9 Å². The Kier molecular flexibility index (Phi) is 26.5. The first-order chi connectivity index (χ1) is 30.4. The molecule has 0 spiro atoms. The van der Waals surface area contributed by atoms with Gasteiger partial charge in [0.1, 0.15) is 6.54 Å². The number of fused-ring (bicyclic) bond motifs is 4. The molecule has 2 nitrogen and oxygen atoms in total. The molecule has 2 heterocycles. The topological polar surface area (TPSA) is 6.25 Å². The van der Waals surface area contributed by atoms with Gasteiger partial charge < -0.3 is 60.1 Å². The predicted octanol–water partition coefficient (Wildman–Crippen LogP) is 13.8. The number of unbranched alkanes of at least 4 members (excludes halogenated alkanes) is 2. The zero-order valence-electron chi connectivity index (χ0n) is 41.1. The molecule has 7 rings (SSSR count). The van der Waals surface area contributed by atoms with Crippen LogP contribution in [0.4, 0.5) is 24.3 Å². The number of rotatable bonds is 8. The molecule has 5 aromatic carbocycles. The van der Waals surface area contributed by atoms with Gasteiger partial charge in [0.2, 0.25) is 5.69 Å². The summed E-state index contributed by atoms with van der Waals surface area (Å²) in [5.41, 5.74) is 11.2. The van der Waals surface area contributed by atoms with Crippen LogP contribution in [0.25, 0.3) is 10.8 Å². The van der Waals surface area contributed by atoms with Crippen LogP contribution in [0.15, 0.2) is 141 Å². The molecule has 5 aromatic rings. The van der Waals surface area contributed by atoms with Crippen molar-refractivity contribution in [2.45, 2.75) is 165 Å². The van der Waals surface area contributed by atoms with E-state index in [1.807, 2.05) is 24.3 Å². The van der Waals surface area contributed by atoms with Crippen LogP contribution >= 0.6 is 0 Å². The van der Waals surface area contributed by atoms with Crippen molar-refractivity contribution in [3.8, 4) is 0 Å². The summed E-state index contributed by atoms with van der Waals surface area (Å²) in [4.78, 5) is 5.69. The quantitative estimate of drug-likeness (QED) is 0.0659. The molecular weight excluding hydrogens is 991 g/mol. The molecule has 0 saturated heterocycles. The number of benzene rings is 5. The van der Waals surface area contributed by atoms with Crippen molar-refractivity contribution in [1.82, 2.24) is 0 Å². The van der Waals surface area contributed by atoms with Crippen LogP contribution in [0, 0.1) is 0 Å². The van der Waals surface area contributed by atoms with E-state index in [0.717, 1.165) is 32.7 Å². The van der Waals surface area contributed by atoms with Crippen molar-refractivity contribution in [3.63, 3.8) is 0 Å². The smallest absolute Gasteiger partial charge is 0.762 e. The summed E-state index contributed by atoms with van der Waals surface area (Å²) in [7, 11) is -3.67. The van der Waals surface area contributed by atoms with E-state index in [9.17, 15) is 12.9 Å². The number of para-hydroxylation sites is 1. The van der Waals surface area contributed by atoms with Crippen molar-refractivity contribution in [3.05, 3.63) is 143 Å². The van der Waals surface area contributed by atoms with Gasteiger partial charge in [0.05, 0.1) is 5.41 Å². The Morgan fingerprint density at radius 1 is 0.652 bits per heavy atom. The average Bonchev–Trinajstić information content (AvgIpc) is 3.58. The van der Waals surface area contributed by atoms with Gasteiger partial charge in [-0.15, -0.1) is 0 Å². The average molecular weight is 1070 g/mol. The van der Waals surface area contributed by atoms with Crippen LogP contribution in [0.2, 0.25) is 0 Å². The number of hydrogen-bond donors (Lipinski definition) is 0. The summed E-state index contributed by atoms with van der Waals surface area (Å²) in [5.74, 6) is 0. The molecule has 2 aliphatic heterocycles. The Morgan fingerprint density at radius 2 is 1.14 bits per heavy atom. The van der Waals surface area contributed by atoms with E-state index in [2.05, 4.69) is 184 Å². The molecule has 383 valence electrons. The number of anilines is 1. The molecule has 0 amide bonds. The van der Waals surface area contributed by atoms with Crippen molar-refractivity contribution in [2.75, 3.05) is 18.0 Å². The molecule has 2 aliphatic rings. The molecular formula is C57H75BCuF4N2S4-4. The SMILES string of the molecule is C.C.CC(C)(C)c1ccc([S-])c([S-])c1.CC(C)(C)c1ccc([S-])c([S-])c1.CCCCN1C(=CC=CC2=[N+](CCCC)c3ccc4ccccc4c3C2(C)C)C(C)(C)c2ccccc21.FB(F)F.[Cu].[F-]. The van der Waals surface area contributed by atoms with Gasteiger partial charge >= 0.3 is 7.54 Å². The number of halogens is 4. The molecule has 0 aliphatic carbocycles. The molecule has 0 bridgehead atoms. The first kappa shape index (κ1) is 65.5. The Labute approximate surface area is 448 Å². The molecule has 0 atom stereocenters. The van der Waals surface area contributed by atoms with Crippen LogP contribution in [0.5, 0.6) is 0 Å². The van der Waals surface area contributed by atoms with E-state index in [-0.39, 0.29) is 58.3 Å². The molecule has 0 saturated carbocycles. The summed E-state index contributed by atoms with van der Waals surface area (Å²) in [6.07, 6.45) is 11.9. The number of allylic oxidation sites excluding steroid dienone is 4. The van der Waals surface area contributed by atoms with E-state index >= 15 is 0 Å². The maximum absolute atomic E-state index is 9.67. The van der Waals surface area contributed by atoms with Crippen molar-refractivity contribution in [2.24, 2.45) is 0 Å². The minimum atomic E-state index is -3.67. The summed E-state index contributed by atoms with van der Waals surface area (Å²) in [6.45, 7) is 29.2. The second kappa shape index (κ2) is 27.9. The second-order valence-electron chi connectivity index (χ2n) is 19.8. The van der Waals surface area contributed by atoms with Gasteiger partial charge in [-0.25, -0.2) is 0 Å². The second-order valence-corrected chi connectivity index (χ2v) is 21.6. The summed E-state index contributed by atoms with van der Waals surface area (Å²) in [5, 5.41) is 2.71. The Hall–Kier alpha value is -3.51. The maximum Gasteiger partial charge on any atom is 0.762 e. The molecule has 0 unspecified atom stereocenters. The van der Waals surface area contributed by atoms with E-state index in [4.69, 9.17) is 50.5 Å². The first-order valence-corrected chi connectivity index (χ1v) is 24.3. The van der Waals surface area contributed by atoms with E-state index in [1.165, 1.54) is 81.5 Å². The number of nitrogens with zero attached hydrogens (tertiary/aromatic N) is 2. The Bertz CT molecular complexity index is 2440. The van der Waals surface area contributed by atoms with E-state index < -0.39 is 7.54 Å². The zero-order chi connectivity index (χ0) is 48.5. The fourth-order valence-electron chi connectivity index (χ4n) is 8.47. The van der Waals surface area contributed by atoms with Gasteiger partial charge in [-0.2, -0.15) is 24.2 Å². The maximum atomic E-state index is 9.67. The van der Waals surface area contributed by atoms with Gasteiger partial charge in [-0.1, -0.05) is 182 Å². The molecule has 0 aromatic heterocycles. The monoisotopic (exact) mass is 1070 g/mol. The van der Waals surface area contributed by atoms with Crippen LogP contribution in [0.3, 0.4) is 0 Å². The predicted molar refractivity (Wildman–Crippen MR) is 296 cm³/mol. The third kappa shape index (κ3) is 16.5. The third-order valence-corrected chi connectivity index (χ3v) is 13.8. The van der Waals surface area contributed by atoms with Gasteiger partial charge in [0.15, 0.2) is 5.71 Å². The van der Waals surface area contributed by atoms with Crippen molar-refractivity contribution in [1.29, 1.82) is 0 Å². The zero-order valence-corrected chi connectivity index (χ0v) is 45.3. The Balaban J connectivity index is 0.00000119. The first-order valence-electron chi connectivity index (χ1n) is 22.7. The minimum Gasteiger partial charge on any atom is -1.00 e. The molecule has 0 fully saturated rings. The van der Waals surface area contributed by atoms with Crippen LogP contribution < -0.4 is 9.60 Å². The number of hydrogen-bond acceptors (Lipinski definition) is 5. The van der Waals surface area contributed by atoms with Crippen LogP contribution in [0.1, 0.15) is 146 Å². The van der Waals surface area contributed by atoms with E-state index in [0.29, 0.717) is 0 Å². The minimum absolute atomic E-state index is 0. The van der Waals surface area contributed by atoms with Crippen molar-refractivity contribution < 1.29 is 39.3 Å². The van der Waals surface area contributed by atoms with Crippen LogP contribution in [-0.2, 0) is 89.2 Å². The molecule has 69 heavy (non-hydrogen) atoms. The fraction of sp³-hybridized carbons (Fsp3) is 0.421. The summed E-state index contributed by atoms with van der Waals surface area (Å²) < 4.78 is 31.6. The van der Waals surface area contributed by atoms with Gasteiger partial charge in [0, 0.05) is 64.5 Å². The van der Waals surface area contributed by atoms with Gasteiger partial charge in [-0.05, 0) is 76.8 Å². The van der Waals surface area contributed by atoms with E-state index in [1.54, 1.807) is 0 Å². The normalized spacial score (nSPS) is 14.5.